The average Bonchev–Trinajstić information content (AvgIpc) is 3.01. The summed E-state index contributed by atoms with van der Waals surface area (Å²) in [5, 5.41) is 7.60. The lowest BCUT2D eigenvalue weighted by Crippen LogP contribution is -2.06. The van der Waals surface area contributed by atoms with Crippen LogP contribution in [0.15, 0.2) is 61.2 Å². The molecule has 0 unspecified atom stereocenters. The molecule has 20 heavy (non-hydrogen) atoms. The summed E-state index contributed by atoms with van der Waals surface area (Å²) >= 11 is 0. The molecule has 0 saturated carbocycles. The second-order valence-corrected chi connectivity index (χ2v) is 4.40. The summed E-state index contributed by atoms with van der Waals surface area (Å²) in [6.45, 7) is 0.671. The van der Waals surface area contributed by atoms with Crippen molar-refractivity contribution in [1.29, 1.82) is 0 Å². The predicted octanol–water partition coefficient (Wildman–Crippen LogP) is 2.46. The summed E-state index contributed by atoms with van der Waals surface area (Å²) in [7, 11) is 0. The van der Waals surface area contributed by atoms with Crippen LogP contribution < -0.4 is 11.1 Å². The van der Waals surface area contributed by atoms with E-state index in [2.05, 4.69) is 21.5 Å². The van der Waals surface area contributed by atoms with E-state index in [1.54, 1.807) is 18.6 Å². The van der Waals surface area contributed by atoms with Crippen molar-refractivity contribution < 1.29 is 0 Å². The number of anilines is 2. The number of rotatable bonds is 4. The van der Waals surface area contributed by atoms with E-state index in [9.17, 15) is 0 Å². The number of benzene rings is 1. The molecule has 0 aliphatic rings. The minimum absolute atomic E-state index is 0.643. The maximum atomic E-state index is 5.87. The fraction of sp³-hybridized carbons (Fsp3) is 0.0667. The summed E-state index contributed by atoms with van der Waals surface area (Å²) in [6.07, 6.45) is 7.06. The zero-order valence-electron chi connectivity index (χ0n) is 10.9. The van der Waals surface area contributed by atoms with Crippen molar-refractivity contribution in [3.8, 4) is 5.69 Å². The number of pyridine rings is 1. The van der Waals surface area contributed by atoms with Crippen LogP contribution in [0.1, 0.15) is 5.56 Å². The molecule has 0 saturated heterocycles. The first kappa shape index (κ1) is 12.2. The van der Waals surface area contributed by atoms with E-state index in [0.29, 0.717) is 12.2 Å². The van der Waals surface area contributed by atoms with Gasteiger partial charge in [-0.1, -0.05) is 18.2 Å². The molecule has 5 heteroatoms. The normalized spacial score (nSPS) is 10.4. The number of hydrogen-bond donors (Lipinski definition) is 2. The van der Waals surface area contributed by atoms with Gasteiger partial charge in [0.25, 0.3) is 0 Å². The fourth-order valence-electron chi connectivity index (χ4n) is 2.05. The van der Waals surface area contributed by atoms with Crippen molar-refractivity contribution in [3.63, 3.8) is 0 Å². The second kappa shape index (κ2) is 5.44. The van der Waals surface area contributed by atoms with E-state index in [1.165, 1.54) is 0 Å². The number of hydrogen-bond acceptors (Lipinski definition) is 4. The average molecular weight is 265 g/mol. The number of nitrogens with two attached hydrogens (primary N) is 1. The van der Waals surface area contributed by atoms with Gasteiger partial charge < -0.3 is 11.1 Å². The molecule has 0 amide bonds. The summed E-state index contributed by atoms with van der Waals surface area (Å²) in [4.78, 5) is 3.98. The fourth-order valence-corrected chi connectivity index (χ4v) is 2.05. The van der Waals surface area contributed by atoms with Gasteiger partial charge in [0, 0.05) is 25.1 Å². The molecule has 0 aliphatic carbocycles. The van der Waals surface area contributed by atoms with Crippen LogP contribution in [0.4, 0.5) is 11.4 Å². The SMILES string of the molecule is Nc1cnccc1NCc1ccccc1-n1cccn1. The van der Waals surface area contributed by atoms with Gasteiger partial charge in [-0.25, -0.2) is 4.68 Å². The maximum absolute atomic E-state index is 5.87. The first-order valence-corrected chi connectivity index (χ1v) is 6.36. The molecule has 1 aromatic carbocycles. The van der Waals surface area contributed by atoms with Crippen molar-refractivity contribution in [2.75, 3.05) is 11.1 Å². The van der Waals surface area contributed by atoms with Gasteiger partial charge in [0.05, 0.1) is 23.3 Å². The van der Waals surface area contributed by atoms with Crippen molar-refractivity contribution in [1.82, 2.24) is 14.8 Å². The van der Waals surface area contributed by atoms with Crippen LogP contribution >= 0.6 is 0 Å². The zero-order chi connectivity index (χ0) is 13.8. The van der Waals surface area contributed by atoms with Crippen LogP contribution in [-0.4, -0.2) is 14.8 Å². The van der Waals surface area contributed by atoms with Crippen LogP contribution in [0.2, 0.25) is 0 Å². The predicted molar refractivity (Wildman–Crippen MR) is 79.5 cm³/mol. The second-order valence-electron chi connectivity index (χ2n) is 4.40. The van der Waals surface area contributed by atoms with Gasteiger partial charge in [-0.3, -0.25) is 4.98 Å². The third kappa shape index (κ3) is 2.47. The van der Waals surface area contributed by atoms with Crippen LogP contribution in [0, 0.1) is 0 Å². The molecular formula is C15H15N5. The van der Waals surface area contributed by atoms with E-state index in [0.717, 1.165) is 16.9 Å². The number of nitrogen functional groups attached to an aromatic ring is 1. The first-order chi connectivity index (χ1) is 9.84. The molecule has 0 radical (unpaired) electrons. The molecule has 0 spiro atoms. The van der Waals surface area contributed by atoms with Gasteiger partial charge in [-0.2, -0.15) is 5.10 Å². The smallest absolute Gasteiger partial charge is 0.0736 e. The van der Waals surface area contributed by atoms with Crippen LogP contribution in [0.3, 0.4) is 0 Å². The number of nitrogens with zero attached hydrogens (tertiary/aromatic N) is 3. The highest BCUT2D eigenvalue weighted by Gasteiger charge is 2.05. The van der Waals surface area contributed by atoms with Crippen LogP contribution in [0.25, 0.3) is 5.69 Å². The molecule has 3 N–H and O–H groups in total. The number of para-hydroxylation sites is 1. The van der Waals surface area contributed by atoms with Crippen molar-refractivity contribution in [2.24, 2.45) is 0 Å². The molecule has 3 rings (SSSR count). The molecule has 2 heterocycles. The molecule has 100 valence electrons. The Morgan fingerprint density at radius 3 is 2.80 bits per heavy atom. The highest BCUT2D eigenvalue weighted by atomic mass is 15.3. The Labute approximate surface area is 117 Å². The van der Waals surface area contributed by atoms with Gasteiger partial charge in [-0.15, -0.1) is 0 Å². The monoisotopic (exact) mass is 265 g/mol. The topological polar surface area (TPSA) is 68.8 Å². The van der Waals surface area contributed by atoms with E-state index in [1.807, 2.05) is 41.2 Å². The van der Waals surface area contributed by atoms with Crippen LogP contribution in [-0.2, 0) is 6.54 Å². The van der Waals surface area contributed by atoms with E-state index in [4.69, 9.17) is 5.73 Å². The minimum atomic E-state index is 0.643. The number of aromatic nitrogens is 3. The number of nitrogens with one attached hydrogen (secondary N) is 1. The first-order valence-electron chi connectivity index (χ1n) is 6.36. The quantitative estimate of drug-likeness (QED) is 0.760. The molecule has 0 fully saturated rings. The highest BCUT2D eigenvalue weighted by Crippen LogP contribution is 2.19. The summed E-state index contributed by atoms with van der Waals surface area (Å²) in [5.41, 5.74) is 9.60. The van der Waals surface area contributed by atoms with Gasteiger partial charge in [0.2, 0.25) is 0 Å². The largest absolute Gasteiger partial charge is 0.396 e. The molecule has 3 aromatic rings. The summed E-state index contributed by atoms with van der Waals surface area (Å²) in [5.74, 6) is 0. The molecule has 0 atom stereocenters. The van der Waals surface area contributed by atoms with Gasteiger partial charge >= 0.3 is 0 Å². The third-order valence-electron chi connectivity index (χ3n) is 3.06. The third-order valence-corrected chi connectivity index (χ3v) is 3.06. The molecule has 2 aromatic heterocycles. The van der Waals surface area contributed by atoms with E-state index in [-0.39, 0.29) is 0 Å². The zero-order valence-corrected chi connectivity index (χ0v) is 10.9. The van der Waals surface area contributed by atoms with Crippen molar-refractivity contribution in [3.05, 3.63) is 66.7 Å². The lowest BCUT2D eigenvalue weighted by molar-refractivity contribution is 0.864. The Morgan fingerprint density at radius 2 is 2.00 bits per heavy atom. The Hall–Kier alpha value is -2.82. The maximum Gasteiger partial charge on any atom is 0.0736 e. The van der Waals surface area contributed by atoms with Crippen molar-refractivity contribution >= 4 is 11.4 Å². The van der Waals surface area contributed by atoms with Gasteiger partial charge in [-0.05, 0) is 23.8 Å². The van der Waals surface area contributed by atoms with Gasteiger partial charge in [0.15, 0.2) is 0 Å². The lowest BCUT2D eigenvalue weighted by Gasteiger charge is -2.12. The molecule has 5 nitrogen and oxygen atoms in total. The molecule has 0 bridgehead atoms. The Balaban J connectivity index is 1.84. The highest BCUT2D eigenvalue weighted by molar-refractivity contribution is 5.64. The summed E-state index contributed by atoms with van der Waals surface area (Å²) in [6, 6.07) is 11.9. The summed E-state index contributed by atoms with van der Waals surface area (Å²) < 4.78 is 1.85. The molecular weight excluding hydrogens is 250 g/mol. The Kier molecular flexibility index (Phi) is 3.33. The van der Waals surface area contributed by atoms with Crippen LogP contribution in [0.5, 0.6) is 0 Å². The Morgan fingerprint density at radius 1 is 1.10 bits per heavy atom. The molecule has 0 aliphatic heterocycles. The lowest BCUT2D eigenvalue weighted by atomic mass is 10.1. The minimum Gasteiger partial charge on any atom is -0.396 e. The van der Waals surface area contributed by atoms with Crippen molar-refractivity contribution in [2.45, 2.75) is 6.54 Å². The van der Waals surface area contributed by atoms with E-state index < -0.39 is 0 Å². The van der Waals surface area contributed by atoms with E-state index >= 15 is 0 Å². The Bertz CT molecular complexity index is 691. The van der Waals surface area contributed by atoms with Gasteiger partial charge in [0.1, 0.15) is 0 Å². The standard InChI is InChI=1S/C15H15N5/c16-13-11-17-8-6-14(13)18-10-12-4-1-2-5-15(12)20-9-3-7-19-20/h1-9,11H,10,16H2,(H,17,18).